The van der Waals surface area contributed by atoms with Crippen LogP contribution < -0.4 is 0 Å². The molecule has 138 valence electrons. The van der Waals surface area contributed by atoms with E-state index >= 15 is 0 Å². The highest BCUT2D eigenvalue weighted by Crippen LogP contribution is 2.37. The highest BCUT2D eigenvalue weighted by molar-refractivity contribution is 5.79. The Kier molecular flexibility index (Phi) is 5.00. The highest BCUT2D eigenvalue weighted by Gasteiger charge is 2.44. The standard InChI is InChI=1S/C17H27N5O3/c23-6-2-14-10-22(19-18-14)11-15-9-13-1-3-21(15)12-16(13)17(24)20-4-7-25-8-5-20/h10,13,15-16,23H,1-9,11-12H2/t13-,15+,16-/m0/s1. The lowest BCUT2D eigenvalue weighted by molar-refractivity contribution is -0.148. The van der Waals surface area contributed by atoms with E-state index in [2.05, 4.69) is 15.2 Å². The first-order chi connectivity index (χ1) is 12.2. The van der Waals surface area contributed by atoms with Crippen LogP contribution in [0.15, 0.2) is 6.20 Å². The largest absolute Gasteiger partial charge is 0.396 e. The molecule has 1 unspecified atom stereocenters. The number of piperidine rings is 3. The molecule has 25 heavy (non-hydrogen) atoms. The average Bonchev–Trinajstić information content (AvgIpc) is 3.10. The van der Waals surface area contributed by atoms with Crippen LogP contribution in [0.1, 0.15) is 18.5 Å². The Morgan fingerprint density at radius 1 is 1.32 bits per heavy atom. The summed E-state index contributed by atoms with van der Waals surface area (Å²) >= 11 is 0. The fraction of sp³-hybridized carbons (Fsp3) is 0.824. The molecule has 8 nitrogen and oxygen atoms in total. The molecule has 4 aliphatic heterocycles. The number of aliphatic hydroxyl groups excluding tert-OH is 1. The monoisotopic (exact) mass is 349 g/mol. The predicted molar refractivity (Wildman–Crippen MR) is 89.8 cm³/mol. The number of morpholine rings is 1. The van der Waals surface area contributed by atoms with E-state index in [0.29, 0.717) is 37.5 Å². The summed E-state index contributed by atoms with van der Waals surface area (Å²) in [4.78, 5) is 17.3. The number of aromatic nitrogens is 3. The summed E-state index contributed by atoms with van der Waals surface area (Å²) in [5, 5.41) is 17.3. The van der Waals surface area contributed by atoms with Gasteiger partial charge in [-0.05, 0) is 25.3 Å². The van der Waals surface area contributed by atoms with Crippen LogP contribution in [-0.2, 0) is 22.5 Å². The third-order valence-electron chi connectivity index (χ3n) is 5.87. The van der Waals surface area contributed by atoms with Gasteiger partial charge < -0.3 is 14.7 Å². The van der Waals surface area contributed by atoms with Gasteiger partial charge in [-0.3, -0.25) is 14.4 Å². The summed E-state index contributed by atoms with van der Waals surface area (Å²) in [5.41, 5.74) is 0.832. The molecule has 4 saturated heterocycles. The molecule has 0 saturated carbocycles. The van der Waals surface area contributed by atoms with Crippen molar-refractivity contribution in [3.63, 3.8) is 0 Å². The van der Waals surface area contributed by atoms with Crippen molar-refractivity contribution in [2.45, 2.75) is 31.8 Å². The molecule has 4 aliphatic rings. The normalized spacial score (nSPS) is 32.1. The van der Waals surface area contributed by atoms with Crippen molar-refractivity contribution in [1.82, 2.24) is 24.8 Å². The lowest BCUT2D eigenvalue weighted by Crippen LogP contribution is -2.59. The second kappa shape index (κ2) is 7.39. The lowest BCUT2D eigenvalue weighted by Gasteiger charge is -2.50. The molecule has 0 radical (unpaired) electrons. The van der Waals surface area contributed by atoms with Gasteiger partial charge >= 0.3 is 0 Å². The zero-order valence-electron chi connectivity index (χ0n) is 14.6. The molecule has 4 fully saturated rings. The van der Waals surface area contributed by atoms with Crippen LogP contribution in [0.4, 0.5) is 0 Å². The molecule has 4 atom stereocenters. The molecule has 1 N–H and O–H groups in total. The number of ether oxygens (including phenoxy) is 1. The number of aliphatic hydroxyl groups is 1. The molecule has 5 rings (SSSR count). The molecular weight excluding hydrogens is 322 g/mol. The smallest absolute Gasteiger partial charge is 0.227 e. The van der Waals surface area contributed by atoms with Gasteiger partial charge in [0.15, 0.2) is 0 Å². The maximum atomic E-state index is 12.9. The Hall–Kier alpha value is -1.51. The number of rotatable bonds is 5. The van der Waals surface area contributed by atoms with Gasteiger partial charge in [0.05, 0.1) is 31.4 Å². The molecule has 5 heterocycles. The highest BCUT2D eigenvalue weighted by atomic mass is 16.5. The number of nitrogens with zero attached hydrogens (tertiary/aromatic N) is 5. The fourth-order valence-electron chi connectivity index (χ4n) is 4.50. The van der Waals surface area contributed by atoms with Crippen molar-refractivity contribution in [3.05, 3.63) is 11.9 Å². The quantitative estimate of drug-likeness (QED) is 0.763. The zero-order chi connectivity index (χ0) is 17.2. The van der Waals surface area contributed by atoms with Crippen LogP contribution in [0.3, 0.4) is 0 Å². The molecule has 8 heteroatoms. The summed E-state index contributed by atoms with van der Waals surface area (Å²) in [6.45, 7) is 5.64. The number of fused-ring (bicyclic) bond motifs is 3. The topological polar surface area (TPSA) is 83.7 Å². The van der Waals surface area contributed by atoms with Gasteiger partial charge in [-0.2, -0.15) is 0 Å². The Balaban J connectivity index is 1.37. The molecule has 0 aliphatic carbocycles. The second-order valence-corrected chi connectivity index (χ2v) is 7.38. The third kappa shape index (κ3) is 3.56. The van der Waals surface area contributed by atoms with Crippen molar-refractivity contribution < 1.29 is 14.6 Å². The van der Waals surface area contributed by atoms with Gasteiger partial charge in [-0.1, -0.05) is 5.21 Å². The van der Waals surface area contributed by atoms with Crippen LogP contribution in [0.5, 0.6) is 0 Å². The minimum absolute atomic E-state index is 0.0989. The third-order valence-corrected chi connectivity index (χ3v) is 5.87. The Bertz CT molecular complexity index is 601. The van der Waals surface area contributed by atoms with Gasteiger partial charge in [0.1, 0.15) is 0 Å². The van der Waals surface area contributed by atoms with E-state index in [1.165, 1.54) is 0 Å². The molecule has 1 aromatic rings. The van der Waals surface area contributed by atoms with Crippen LogP contribution in [-0.4, -0.2) is 87.8 Å². The summed E-state index contributed by atoms with van der Waals surface area (Å²) in [5.74, 6) is 0.942. The number of carbonyl (C=O) groups is 1. The predicted octanol–water partition coefficient (Wildman–Crippen LogP) is -0.618. The van der Waals surface area contributed by atoms with E-state index in [4.69, 9.17) is 9.84 Å². The van der Waals surface area contributed by atoms with Crippen molar-refractivity contribution in [2.75, 3.05) is 46.0 Å². The summed E-state index contributed by atoms with van der Waals surface area (Å²) < 4.78 is 7.25. The fourth-order valence-corrected chi connectivity index (χ4v) is 4.50. The Labute approximate surface area is 147 Å². The van der Waals surface area contributed by atoms with Crippen molar-refractivity contribution in [1.29, 1.82) is 0 Å². The van der Waals surface area contributed by atoms with Gasteiger partial charge in [0, 0.05) is 44.9 Å². The Morgan fingerprint density at radius 3 is 2.88 bits per heavy atom. The number of amides is 1. The minimum atomic E-state index is 0.0989. The molecule has 0 spiro atoms. The maximum Gasteiger partial charge on any atom is 0.227 e. The first kappa shape index (κ1) is 16.9. The van der Waals surface area contributed by atoms with Gasteiger partial charge in [0.25, 0.3) is 0 Å². The SMILES string of the molecule is O=C([C@H]1CN2CC[C@H]1C[C@@H]2Cn1cc(CCO)nn1)N1CCOCC1. The van der Waals surface area contributed by atoms with Crippen LogP contribution in [0.2, 0.25) is 0 Å². The number of hydrogen-bond acceptors (Lipinski definition) is 6. The first-order valence-corrected chi connectivity index (χ1v) is 9.35. The summed E-state index contributed by atoms with van der Waals surface area (Å²) in [6, 6.07) is 0.427. The molecule has 2 bridgehead atoms. The lowest BCUT2D eigenvalue weighted by atomic mass is 9.75. The summed E-state index contributed by atoms with van der Waals surface area (Å²) in [7, 11) is 0. The van der Waals surface area contributed by atoms with Crippen LogP contribution in [0, 0.1) is 11.8 Å². The number of carbonyl (C=O) groups excluding carboxylic acids is 1. The maximum absolute atomic E-state index is 12.9. The average molecular weight is 349 g/mol. The molecule has 1 aromatic heterocycles. The Morgan fingerprint density at radius 2 is 2.16 bits per heavy atom. The van der Waals surface area contributed by atoms with E-state index in [-0.39, 0.29) is 12.5 Å². The van der Waals surface area contributed by atoms with E-state index < -0.39 is 0 Å². The van der Waals surface area contributed by atoms with E-state index in [0.717, 1.165) is 51.3 Å². The van der Waals surface area contributed by atoms with E-state index in [9.17, 15) is 4.79 Å². The van der Waals surface area contributed by atoms with Gasteiger partial charge in [-0.25, -0.2) is 0 Å². The minimum Gasteiger partial charge on any atom is -0.396 e. The van der Waals surface area contributed by atoms with Crippen molar-refractivity contribution >= 4 is 5.91 Å². The summed E-state index contributed by atoms with van der Waals surface area (Å²) in [6.07, 6.45) is 4.64. The van der Waals surface area contributed by atoms with Crippen LogP contribution in [0.25, 0.3) is 0 Å². The van der Waals surface area contributed by atoms with Gasteiger partial charge in [-0.15, -0.1) is 5.10 Å². The second-order valence-electron chi connectivity index (χ2n) is 7.38. The molecular formula is C17H27N5O3. The molecule has 0 aromatic carbocycles. The van der Waals surface area contributed by atoms with Crippen molar-refractivity contribution in [2.24, 2.45) is 11.8 Å². The molecule has 1 amide bonds. The van der Waals surface area contributed by atoms with E-state index in [1.54, 1.807) is 0 Å². The van der Waals surface area contributed by atoms with Crippen LogP contribution >= 0.6 is 0 Å². The van der Waals surface area contributed by atoms with Gasteiger partial charge in [0.2, 0.25) is 5.91 Å². The number of hydrogen-bond donors (Lipinski definition) is 1. The first-order valence-electron chi connectivity index (χ1n) is 9.35. The van der Waals surface area contributed by atoms with E-state index in [1.807, 2.05) is 15.8 Å². The zero-order valence-corrected chi connectivity index (χ0v) is 14.6. The van der Waals surface area contributed by atoms with Crippen molar-refractivity contribution in [3.8, 4) is 0 Å².